The van der Waals surface area contributed by atoms with Crippen LogP contribution in [0.15, 0.2) is 27.6 Å². The lowest BCUT2D eigenvalue weighted by Crippen LogP contribution is -2.45. The second-order valence-corrected chi connectivity index (χ2v) is 8.24. The van der Waals surface area contributed by atoms with Crippen LogP contribution in [0.25, 0.3) is 0 Å². The maximum absolute atomic E-state index is 12.6. The van der Waals surface area contributed by atoms with Gasteiger partial charge in [0.05, 0.1) is 4.90 Å². The number of benzene rings is 1. The molecule has 1 aromatic carbocycles. The van der Waals surface area contributed by atoms with Gasteiger partial charge in [-0.25, -0.2) is 13.1 Å². The molecule has 120 valence electrons. The highest BCUT2D eigenvalue weighted by atomic mass is 79.9. The van der Waals surface area contributed by atoms with Crippen LogP contribution in [-0.2, 0) is 16.6 Å². The Morgan fingerprint density at radius 1 is 1.33 bits per heavy atom. The van der Waals surface area contributed by atoms with Crippen molar-refractivity contribution in [1.29, 1.82) is 0 Å². The Morgan fingerprint density at radius 3 is 2.43 bits per heavy atom. The Hall–Kier alpha value is -0.470. The smallest absolute Gasteiger partial charge is 0.242 e. The van der Waals surface area contributed by atoms with Gasteiger partial charge in [0.25, 0.3) is 0 Å². The van der Waals surface area contributed by atoms with Crippen LogP contribution in [0.1, 0.15) is 19.4 Å². The minimum absolute atomic E-state index is 0.154. The predicted molar refractivity (Wildman–Crippen MR) is 89.5 cm³/mol. The molecule has 1 unspecified atom stereocenters. The molecule has 0 aromatic heterocycles. The van der Waals surface area contributed by atoms with Crippen molar-refractivity contribution in [2.24, 2.45) is 11.7 Å². The monoisotopic (exact) mass is 377 g/mol. The summed E-state index contributed by atoms with van der Waals surface area (Å²) >= 11 is 3.30. The molecule has 21 heavy (non-hydrogen) atoms. The summed E-state index contributed by atoms with van der Waals surface area (Å²) in [5.41, 5.74) is 6.37. The number of nitrogens with two attached hydrogens (primary N) is 1. The fourth-order valence-corrected chi connectivity index (χ4v) is 4.31. The number of hydrogen-bond donors (Lipinski definition) is 2. The molecular weight excluding hydrogens is 354 g/mol. The summed E-state index contributed by atoms with van der Waals surface area (Å²) in [6.45, 7) is 4.95. The molecule has 0 radical (unpaired) electrons. The van der Waals surface area contributed by atoms with Gasteiger partial charge in [-0.3, -0.25) is 0 Å². The number of hydrogen-bond acceptors (Lipinski definition) is 4. The third-order valence-electron chi connectivity index (χ3n) is 3.19. The van der Waals surface area contributed by atoms with Crippen LogP contribution in [0, 0.1) is 5.92 Å². The molecule has 0 aliphatic carbocycles. The first kappa shape index (κ1) is 18.6. The van der Waals surface area contributed by atoms with Crippen molar-refractivity contribution < 1.29 is 8.42 Å². The standard InChI is InChI=1S/C14H24BrN3O2S/c1-10(2)13(9-18(3)4)17-21(19,20)14-7-11(8-16)5-6-12(14)15/h5-7,10,13,17H,8-9,16H2,1-4H3. The van der Waals surface area contributed by atoms with E-state index in [1.165, 1.54) is 0 Å². The van der Waals surface area contributed by atoms with E-state index < -0.39 is 10.0 Å². The highest BCUT2D eigenvalue weighted by molar-refractivity contribution is 9.10. The summed E-state index contributed by atoms with van der Waals surface area (Å²) in [6.07, 6.45) is 0. The molecule has 0 bridgehead atoms. The number of halogens is 1. The van der Waals surface area contributed by atoms with Crippen molar-refractivity contribution in [3.63, 3.8) is 0 Å². The Bertz CT molecular complexity index is 574. The van der Waals surface area contributed by atoms with E-state index in [0.717, 1.165) is 5.56 Å². The molecule has 0 heterocycles. The van der Waals surface area contributed by atoms with Crippen molar-refractivity contribution in [2.75, 3.05) is 20.6 Å². The first-order chi connectivity index (χ1) is 9.67. The van der Waals surface area contributed by atoms with Crippen LogP contribution in [-0.4, -0.2) is 40.0 Å². The quantitative estimate of drug-likeness (QED) is 0.758. The van der Waals surface area contributed by atoms with Gasteiger partial charge in [0.1, 0.15) is 0 Å². The molecule has 1 atom stereocenters. The van der Waals surface area contributed by atoms with Crippen molar-refractivity contribution >= 4 is 26.0 Å². The minimum atomic E-state index is -3.59. The molecule has 3 N–H and O–H groups in total. The lowest BCUT2D eigenvalue weighted by atomic mass is 10.1. The molecule has 0 saturated carbocycles. The Balaban J connectivity index is 3.10. The number of nitrogens with zero attached hydrogens (tertiary/aromatic N) is 1. The minimum Gasteiger partial charge on any atom is -0.326 e. The molecule has 0 amide bonds. The van der Waals surface area contributed by atoms with Crippen LogP contribution >= 0.6 is 15.9 Å². The van der Waals surface area contributed by atoms with Gasteiger partial charge in [-0.1, -0.05) is 19.9 Å². The zero-order valence-electron chi connectivity index (χ0n) is 12.9. The number of rotatable bonds is 7. The van der Waals surface area contributed by atoms with Crippen LogP contribution in [0.3, 0.4) is 0 Å². The highest BCUT2D eigenvalue weighted by Gasteiger charge is 2.24. The molecule has 0 fully saturated rings. The Labute approximate surface area is 136 Å². The van der Waals surface area contributed by atoms with E-state index in [1.54, 1.807) is 12.1 Å². The average molecular weight is 378 g/mol. The summed E-state index contributed by atoms with van der Waals surface area (Å²) in [7, 11) is 0.258. The Morgan fingerprint density at radius 2 is 1.95 bits per heavy atom. The predicted octanol–water partition coefficient (Wildman–Crippen LogP) is 1.77. The van der Waals surface area contributed by atoms with E-state index in [9.17, 15) is 8.42 Å². The van der Waals surface area contributed by atoms with E-state index in [1.807, 2.05) is 38.9 Å². The van der Waals surface area contributed by atoms with Crippen LogP contribution in [0.5, 0.6) is 0 Å². The first-order valence-electron chi connectivity index (χ1n) is 6.83. The SMILES string of the molecule is CC(C)C(CN(C)C)NS(=O)(=O)c1cc(CN)ccc1Br. The lowest BCUT2D eigenvalue weighted by Gasteiger charge is -2.25. The van der Waals surface area contributed by atoms with Crippen LogP contribution in [0.2, 0.25) is 0 Å². The molecule has 1 rings (SSSR count). The number of likely N-dealkylation sites (N-methyl/N-ethyl adjacent to an activating group) is 1. The summed E-state index contributed by atoms with van der Waals surface area (Å²) in [5, 5.41) is 0. The second-order valence-electron chi connectivity index (χ2n) is 5.70. The van der Waals surface area contributed by atoms with Crippen molar-refractivity contribution in [3.8, 4) is 0 Å². The van der Waals surface area contributed by atoms with E-state index in [0.29, 0.717) is 17.6 Å². The van der Waals surface area contributed by atoms with Gasteiger partial charge in [-0.2, -0.15) is 0 Å². The van der Waals surface area contributed by atoms with Crippen LogP contribution in [0.4, 0.5) is 0 Å². The summed E-state index contributed by atoms with van der Waals surface area (Å²) in [5.74, 6) is 0.193. The zero-order valence-corrected chi connectivity index (χ0v) is 15.3. The van der Waals surface area contributed by atoms with Gasteiger partial charge in [0.2, 0.25) is 10.0 Å². The normalized spacial score (nSPS) is 13.9. The molecule has 5 nitrogen and oxygen atoms in total. The van der Waals surface area contributed by atoms with Gasteiger partial charge >= 0.3 is 0 Å². The lowest BCUT2D eigenvalue weighted by molar-refractivity contribution is 0.314. The number of nitrogens with one attached hydrogen (secondary N) is 1. The molecule has 0 aliphatic rings. The molecule has 0 spiro atoms. The van der Waals surface area contributed by atoms with Crippen LogP contribution < -0.4 is 10.5 Å². The van der Waals surface area contributed by atoms with Gasteiger partial charge in [0.15, 0.2) is 0 Å². The molecule has 7 heteroatoms. The molecule has 1 aromatic rings. The van der Waals surface area contributed by atoms with E-state index >= 15 is 0 Å². The summed E-state index contributed by atoms with van der Waals surface area (Å²) in [4.78, 5) is 2.20. The van der Waals surface area contributed by atoms with Gasteiger partial charge < -0.3 is 10.6 Å². The average Bonchev–Trinajstić information content (AvgIpc) is 2.37. The first-order valence-corrected chi connectivity index (χ1v) is 9.10. The fraction of sp³-hybridized carbons (Fsp3) is 0.571. The third kappa shape index (κ3) is 5.34. The largest absolute Gasteiger partial charge is 0.326 e. The summed E-state index contributed by atoms with van der Waals surface area (Å²) < 4.78 is 28.6. The number of sulfonamides is 1. The van der Waals surface area contributed by atoms with Gasteiger partial charge in [-0.15, -0.1) is 0 Å². The van der Waals surface area contributed by atoms with E-state index in [2.05, 4.69) is 20.7 Å². The Kier molecular flexibility index (Phi) is 6.80. The zero-order chi connectivity index (χ0) is 16.2. The van der Waals surface area contributed by atoms with Crippen molar-refractivity contribution in [1.82, 2.24) is 9.62 Å². The van der Waals surface area contributed by atoms with Gasteiger partial charge in [0, 0.05) is 23.6 Å². The fourth-order valence-electron chi connectivity index (χ4n) is 1.92. The van der Waals surface area contributed by atoms with Gasteiger partial charge in [-0.05, 0) is 53.6 Å². The second kappa shape index (κ2) is 7.69. The highest BCUT2D eigenvalue weighted by Crippen LogP contribution is 2.24. The van der Waals surface area contributed by atoms with Crippen molar-refractivity contribution in [3.05, 3.63) is 28.2 Å². The maximum atomic E-state index is 12.6. The molecule has 0 aliphatic heterocycles. The molecular formula is C14H24BrN3O2S. The summed E-state index contributed by atoms with van der Waals surface area (Å²) in [6, 6.07) is 4.98. The molecule has 0 saturated heterocycles. The topological polar surface area (TPSA) is 75.4 Å². The van der Waals surface area contributed by atoms with E-state index in [4.69, 9.17) is 5.73 Å². The van der Waals surface area contributed by atoms with E-state index in [-0.39, 0.29) is 16.9 Å². The third-order valence-corrected chi connectivity index (χ3v) is 5.68. The van der Waals surface area contributed by atoms with Crippen molar-refractivity contribution in [2.45, 2.75) is 31.3 Å². The maximum Gasteiger partial charge on any atom is 0.242 e.